The van der Waals surface area contributed by atoms with Gasteiger partial charge in [0, 0.05) is 11.5 Å². The summed E-state index contributed by atoms with van der Waals surface area (Å²) in [4.78, 5) is 3.38. The van der Waals surface area contributed by atoms with E-state index >= 15 is 0 Å². The molecule has 1 heterocycles. The van der Waals surface area contributed by atoms with Gasteiger partial charge in [-0.2, -0.15) is 0 Å². The van der Waals surface area contributed by atoms with E-state index in [1.165, 1.54) is 38.8 Å². The molecule has 0 bridgehead atoms. The summed E-state index contributed by atoms with van der Waals surface area (Å²) in [7, 11) is 0. The van der Waals surface area contributed by atoms with Gasteiger partial charge in [0.25, 0.3) is 0 Å². The Balaban J connectivity index is 1.88. The van der Waals surface area contributed by atoms with Gasteiger partial charge in [0.15, 0.2) is 0 Å². The highest BCUT2D eigenvalue weighted by atomic mass is 32.1. The molecule has 0 spiro atoms. The molecule has 0 aromatic rings. The number of thiocarbonyl (C=S) groups is 1. The molecule has 2 N–H and O–H groups in total. The van der Waals surface area contributed by atoms with Gasteiger partial charge < -0.3 is 10.6 Å². The molecule has 3 heteroatoms. The average molecular weight is 226 g/mol. The first-order chi connectivity index (χ1) is 7.12. The van der Waals surface area contributed by atoms with Crippen LogP contribution in [0.3, 0.4) is 0 Å². The third-order valence-corrected chi connectivity index (χ3v) is 4.83. The number of piperidine rings is 1. The van der Waals surface area contributed by atoms with Crippen molar-refractivity contribution >= 4 is 17.2 Å². The van der Waals surface area contributed by atoms with Crippen molar-refractivity contribution in [3.05, 3.63) is 0 Å². The van der Waals surface area contributed by atoms with Crippen molar-refractivity contribution in [2.24, 2.45) is 11.1 Å². The van der Waals surface area contributed by atoms with Gasteiger partial charge in [0.1, 0.15) is 0 Å². The van der Waals surface area contributed by atoms with Crippen molar-refractivity contribution in [2.45, 2.75) is 51.5 Å². The molecule has 0 radical (unpaired) electrons. The van der Waals surface area contributed by atoms with Gasteiger partial charge in [0.05, 0.1) is 4.99 Å². The van der Waals surface area contributed by atoms with Crippen LogP contribution in [0.4, 0.5) is 0 Å². The molecule has 0 aromatic heterocycles. The van der Waals surface area contributed by atoms with Gasteiger partial charge in [-0.05, 0) is 38.8 Å². The lowest BCUT2D eigenvalue weighted by atomic mass is 9.80. The van der Waals surface area contributed by atoms with Crippen LogP contribution in [-0.4, -0.2) is 29.0 Å². The molecule has 0 atom stereocenters. The summed E-state index contributed by atoms with van der Waals surface area (Å²) in [5.74, 6) is 0. The number of nitrogens with two attached hydrogens (primary N) is 1. The van der Waals surface area contributed by atoms with Crippen LogP contribution in [0.25, 0.3) is 0 Å². The molecule has 2 aliphatic rings. The fourth-order valence-electron chi connectivity index (χ4n) is 2.90. The number of likely N-dealkylation sites (tertiary alicyclic amines) is 1. The van der Waals surface area contributed by atoms with Crippen molar-refractivity contribution in [3.63, 3.8) is 0 Å². The van der Waals surface area contributed by atoms with E-state index in [-0.39, 0.29) is 5.41 Å². The second-order valence-electron chi connectivity index (χ2n) is 5.40. The SMILES string of the molecule is CC1(C(N)=S)CCN(C2CCCC2)CC1. The normalized spacial score (nSPS) is 28.1. The van der Waals surface area contributed by atoms with Crippen LogP contribution >= 0.6 is 12.2 Å². The third kappa shape index (κ3) is 2.34. The molecule has 15 heavy (non-hydrogen) atoms. The Morgan fingerprint density at radius 1 is 1.27 bits per heavy atom. The molecule has 86 valence electrons. The molecule has 0 aromatic carbocycles. The second kappa shape index (κ2) is 4.38. The molecule has 2 rings (SSSR count). The van der Waals surface area contributed by atoms with E-state index in [2.05, 4.69) is 11.8 Å². The zero-order valence-electron chi connectivity index (χ0n) is 9.67. The third-order valence-electron chi connectivity index (χ3n) is 4.34. The van der Waals surface area contributed by atoms with Crippen LogP contribution in [0, 0.1) is 5.41 Å². The minimum Gasteiger partial charge on any atom is -0.393 e. The van der Waals surface area contributed by atoms with Crippen molar-refractivity contribution in [1.82, 2.24) is 4.90 Å². The largest absolute Gasteiger partial charge is 0.393 e. The Labute approximate surface area is 98.2 Å². The summed E-state index contributed by atoms with van der Waals surface area (Å²) >= 11 is 5.16. The average Bonchev–Trinajstić information content (AvgIpc) is 2.72. The van der Waals surface area contributed by atoms with Crippen LogP contribution in [0.1, 0.15) is 45.4 Å². The van der Waals surface area contributed by atoms with E-state index < -0.39 is 0 Å². The monoisotopic (exact) mass is 226 g/mol. The van der Waals surface area contributed by atoms with Gasteiger partial charge in [0.2, 0.25) is 0 Å². The van der Waals surface area contributed by atoms with E-state index in [1.807, 2.05) is 0 Å². The fraction of sp³-hybridized carbons (Fsp3) is 0.917. The zero-order chi connectivity index (χ0) is 10.9. The smallest absolute Gasteiger partial charge is 0.0788 e. The molecule has 0 unspecified atom stereocenters. The highest BCUT2D eigenvalue weighted by molar-refractivity contribution is 7.80. The predicted octanol–water partition coefficient (Wildman–Crippen LogP) is 2.32. The number of nitrogens with zero attached hydrogens (tertiary/aromatic N) is 1. The molecule has 1 saturated heterocycles. The van der Waals surface area contributed by atoms with Crippen molar-refractivity contribution in [1.29, 1.82) is 0 Å². The summed E-state index contributed by atoms with van der Waals surface area (Å²) < 4.78 is 0. The lowest BCUT2D eigenvalue weighted by molar-refractivity contribution is 0.119. The van der Waals surface area contributed by atoms with Crippen molar-refractivity contribution in [3.8, 4) is 0 Å². The molecule has 2 nitrogen and oxygen atoms in total. The summed E-state index contributed by atoms with van der Waals surface area (Å²) in [6.45, 7) is 4.61. The zero-order valence-corrected chi connectivity index (χ0v) is 10.5. The van der Waals surface area contributed by atoms with E-state index in [0.717, 1.165) is 18.9 Å². The second-order valence-corrected chi connectivity index (χ2v) is 5.84. The van der Waals surface area contributed by atoms with E-state index in [9.17, 15) is 0 Å². The standard InChI is InChI=1S/C12H22N2S/c1-12(11(13)15)6-8-14(9-7-12)10-4-2-3-5-10/h10H,2-9H2,1H3,(H2,13,15). The predicted molar refractivity (Wildman–Crippen MR) is 68.0 cm³/mol. The van der Waals surface area contributed by atoms with E-state index in [4.69, 9.17) is 18.0 Å². The van der Waals surface area contributed by atoms with E-state index in [0.29, 0.717) is 4.99 Å². The van der Waals surface area contributed by atoms with E-state index in [1.54, 1.807) is 0 Å². The Kier molecular flexibility index (Phi) is 3.31. The highest BCUT2D eigenvalue weighted by Gasteiger charge is 2.35. The number of rotatable bonds is 2. The molecule has 1 saturated carbocycles. The minimum absolute atomic E-state index is 0.129. The van der Waals surface area contributed by atoms with Crippen molar-refractivity contribution < 1.29 is 0 Å². The lowest BCUT2D eigenvalue weighted by Crippen LogP contribution is -2.47. The Hall–Kier alpha value is -0.150. The van der Waals surface area contributed by atoms with Gasteiger partial charge >= 0.3 is 0 Å². The fourth-order valence-corrected chi connectivity index (χ4v) is 3.10. The Morgan fingerprint density at radius 2 is 1.80 bits per heavy atom. The molecular weight excluding hydrogens is 204 g/mol. The first-order valence-electron chi connectivity index (χ1n) is 6.16. The van der Waals surface area contributed by atoms with Crippen LogP contribution in [-0.2, 0) is 0 Å². The quantitative estimate of drug-likeness (QED) is 0.733. The van der Waals surface area contributed by atoms with Gasteiger partial charge in [-0.3, -0.25) is 0 Å². The molecule has 1 aliphatic heterocycles. The maximum Gasteiger partial charge on any atom is 0.0788 e. The number of hydrogen-bond donors (Lipinski definition) is 1. The van der Waals surface area contributed by atoms with Gasteiger partial charge in [-0.25, -0.2) is 0 Å². The summed E-state index contributed by atoms with van der Waals surface area (Å²) in [6.07, 6.45) is 7.96. The Bertz CT molecular complexity index is 238. The summed E-state index contributed by atoms with van der Waals surface area (Å²) in [5.41, 5.74) is 5.94. The first-order valence-corrected chi connectivity index (χ1v) is 6.57. The first kappa shape index (κ1) is 11.3. The number of hydrogen-bond acceptors (Lipinski definition) is 2. The van der Waals surface area contributed by atoms with Gasteiger partial charge in [-0.1, -0.05) is 32.0 Å². The topological polar surface area (TPSA) is 29.3 Å². The Morgan fingerprint density at radius 3 is 2.27 bits per heavy atom. The molecular formula is C12H22N2S. The maximum absolute atomic E-state index is 5.81. The summed E-state index contributed by atoms with van der Waals surface area (Å²) in [5, 5.41) is 0. The van der Waals surface area contributed by atoms with Crippen LogP contribution in [0.5, 0.6) is 0 Å². The minimum atomic E-state index is 0.129. The molecule has 1 aliphatic carbocycles. The summed E-state index contributed by atoms with van der Waals surface area (Å²) in [6, 6.07) is 0.862. The maximum atomic E-state index is 5.81. The molecule has 2 fully saturated rings. The van der Waals surface area contributed by atoms with Crippen molar-refractivity contribution in [2.75, 3.05) is 13.1 Å². The lowest BCUT2D eigenvalue weighted by Gasteiger charge is -2.41. The van der Waals surface area contributed by atoms with Crippen LogP contribution < -0.4 is 5.73 Å². The van der Waals surface area contributed by atoms with Crippen LogP contribution in [0.15, 0.2) is 0 Å². The van der Waals surface area contributed by atoms with Crippen LogP contribution in [0.2, 0.25) is 0 Å². The highest BCUT2D eigenvalue weighted by Crippen LogP contribution is 2.34. The van der Waals surface area contributed by atoms with Gasteiger partial charge in [-0.15, -0.1) is 0 Å². The molecule has 0 amide bonds.